The molecule has 0 aliphatic carbocycles. The molecule has 0 spiro atoms. The van der Waals surface area contributed by atoms with Crippen molar-refractivity contribution in [2.45, 2.75) is 32.4 Å². The number of hydrogen-bond donors (Lipinski definition) is 5. The number of phenols is 1. The first kappa shape index (κ1) is 29.7. The zero-order valence-electron chi connectivity index (χ0n) is 23.8. The first-order chi connectivity index (χ1) is 20.1. The summed E-state index contributed by atoms with van der Waals surface area (Å²) < 4.78 is 1.07. The van der Waals surface area contributed by atoms with Gasteiger partial charge in [-0.05, 0) is 43.2 Å². The van der Waals surface area contributed by atoms with Crippen LogP contribution >= 0.6 is 0 Å². The maximum atomic E-state index is 13.8. The monoisotopic (exact) mass is 570 g/mol. The molecule has 0 saturated heterocycles. The van der Waals surface area contributed by atoms with Crippen molar-refractivity contribution in [2.24, 2.45) is 0 Å². The Morgan fingerprint density at radius 3 is 2.19 bits per heavy atom. The summed E-state index contributed by atoms with van der Waals surface area (Å²) in [4.78, 5) is 54.5. The topological polar surface area (TPSA) is 149 Å². The molecule has 2 atom stereocenters. The van der Waals surface area contributed by atoms with Crippen molar-refractivity contribution in [3.63, 3.8) is 0 Å². The molecule has 0 aliphatic heterocycles. The molecule has 4 aromatic rings. The lowest BCUT2D eigenvalue weighted by Crippen LogP contribution is -2.43. The molecule has 5 N–H and O–H groups in total. The molecule has 0 radical (unpaired) electrons. The molecular weight excluding hydrogens is 536 g/mol. The lowest BCUT2D eigenvalue weighted by atomic mass is 10.1. The van der Waals surface area contributed by atoms with Crippen molar-refractivity contribution in [3.05, 3.63) is 111 Å². The van der Waals surface area contributed by atoms with E-state index in [1.807, 2.05) is 37.3 Å². The highest BCUT2D eigenvalue weighted by molar-refractivity contribution is 5.99. The molecule has 0 aliphatic rings. The van der Waals surface area contributed by atoms with Gasteiger partial charge in [-0.2, -0.15) is 0 Å². The number of aromatic nitrogens is 2. The van der Waals surface area contributed by atoms with E-state index in [4.69, 9.17) is 0 Å². The third kappa shape index (κ3) is 6.35. The predicted octanol–water partition coefficient (Wildman–Crippen LogP) is 3.74. The Bertz CT molecular complexity index is 1680. The minimum atomic E-state index is -0.875. The molecule has 1 heterocycles. The third-order valence-corrected chi connectivity index (χ3v) is 6.76. The fourth-order valence-electron chi connectivity index (χ4n) is 4.41. The van der Waals surface area contributed by atoms with Crippen LogP contribution in [0, 0.1) is 0 Å². The van der Waals surface area contributed by atoms with Gasteiger partial charge in [-0.3, -0.25) is 24.3 Å². The fourth-order valence-corrected chi connectivity index (χ4v) is 4.41. The van der Waals surface area contributed by atoms with Crippen LogP contribution < -0.4 is 27.1 Å². The normalized spacial score (nSPS) is 12.2. The minimum Gasteiger partial charge on any atom is -0.505 e. The van der Waals surface area contributed by atoms with Crippen molar-refractivity contribution >= 4 is 28.9 Å². The second kappa shape index (κ2) is 12.9. The molecular formula is C31H34N6O5. The molecule has 3 aromatic carbocycles. The van der Waals surface area contributed by atoms with Gasteiger partial charge in [0.15, 0.2) is 5.75 Å². The van der Waals surface area contributed by atoms with Crippen molar-refractivity contribution in [1.82, 2.24) is 20.0 Å². The predicted molar refractivity (Wildman–Crippen MR) is 163 cm³/mol. The van der Waals surface area contributed by atoms with Crippen LogP contribution in [0.5, 0.6) is 5.75 Å². The van der Waals surface area contributed by atoms with E-state index >= 15 is 0 Å². The standard InChI is InChI=1S/C31H34N6O5/c1-5-23(28(39)32-19(2)20-13-8-6-9-14-20)33-25-26(31(42)37(35-29(25)40)21-15-10-7-11-16-21)34-24-18-12-17-22(27(24)38)30(41)36(3)4/h6-19,23,33-34,38H,5H2,1-4H3,(H,32,39)(H,35,40). The van der Waals surface area contributed by atoms with Gasteiger partial charge in [-0.1, -0.05) is 61.5 Å². The van der Waals surface area contributed by atoms with Crippen LogP contribution in [0.15, 0.2) is 88.5 Å². The second-order valence-corrected chi connectivity index (χ2v) is 9.94. The number of hydrogen-bond acceptors (Lipinski definition) is 7. The van der Waals surface area contributed by atoms with Gasteiger partial charge in [-0.25, -0.2) is 4.68 Å². The molecule has 218 valence electrons. The minimum absolute atomic E-state index is 0.00782. The quantitative estimate of drug-likeness (QED) is 0.182. The van der Waals surface area contributed by atoms with E-state index < -0.39 is 28.8 Å². The third-order valence-electron chi connectivity index (χ3n) is 6.76. The highest BCUT2D eigenvalue weighted by Gasteiger charge is 2.25. The summed E-state index contributed by atoms with van der Waals surface area (Å²) in [7, 11) is 3.10. The fraction of sp³-hybridized carbons (Fsp3) is 0.226. The molecule has 0 fully saturated rings. The molecule has 0 saturated carbocycles. The summed E-state index contributed by atoms with van der Waals surface area (Å²) >= 11 is 0. The van der Waals surface area contributed by atoms with Crippen LogP contribution in [0.1, 0.15) is 42.2 Å². The second-order valence-electron chi connectivity index (χ2n) is 9.94. The Labute approximate surface area is 242 Å². The lowest BCUT2D eigenvalue weighted by Gasteiger charge is -2.23. The van der Waals surface area contributed by atoms with Crippen LogP contribution in [0.25, 0.3) is 5.69 Å². The molecule has 2 amide bonds. The zero-order chi connectivity index (χ0) is 30.4. The highest BCUT2D eigenvalue weighted by atomic mass is 16.3. The molecule has 42 heavy (non-hydrogen) atoms. The first-order valence-corrected chi connectivity index (χ1v) is 13.5. The average molecular weight is 571 g/mol. The number of carbonyl (C=O) groups is 2. The van der Waals surface area contributed by atoms with Gasteiger partial charge in [0.1, 0.15) is 17.4 Å². The van der Waals surface area contributed by atoms with Gasteiger partial charge in [0.2, 0.25) is 5.91 Å². The molecule has 11 nitrogen and oxygen atoms in total. The number of para-hydroxylation sites is 2. The van der Waals surface area contributed by atoms with Crippen LogP contribution in [0.4, 0.5) is 17.1 Å². The van der Waals surface area contributed by atoms with E-state index in [0.717, 1.165) is 10.2 Å². The summed E-state index contributed by atoms with van der Waals surface area (Å²) in [6.07, 6.45) is 0.298. The summed E-state index contributed by atoms with van der Waals surface area (Å²) in [6, 6.07) is 21.2. The number of rotatable bonds is 10. The van der Waals surface area contributed by atoms with Crippen LogP contribution in [-0.4, -0.2) is 51.7 Å². The van der Waals surface area contributed by atoms with E-state index in [9.17, 15) is 24.3 Å². The number of amides is 2. The van der Waals surface area contributed by atoms with Gasteiger partial charge in [0.05, 0.1) is 23.0 Å². The molecule has 1 aromatic heterocycles. The van der Waals surface area contributed by atoms with E-state index in [-0.39, 0.29) is 34.6 Å². The number of H-pyrrole nitrogens is 1. The number of phenolic OH excluding ortho intramolecular Hbond substituents is 1. The van der Waals surface area contributed by atoms with E-state index in [1.165, 1.54) is 17.0 Å². The molecule has 2 unspecified atom stereocenters. The SMILES string of the molecule is CCC(Nc1c(Nc2cccc(C(=O)N(C)C)c2O)c(=O)n(-c2ccccc2)[nH]c1=O)C(=O)NC(C)c1ccccc1. The number of nitrogens with one attached hydrogen (secondary N) is 4. The maximum absolute atomic E-state index is 13.8. The molecule has 4 rings (SSSR count). The number of aromatic amines is 1. The number of nitrogens with zero attached hydrogens (tertiary/aromatic N) is 2. The lowest BCUT2D eigenvalue weighted by molar-refractivity contribution is -0.122. The number of benzene rings is 3. The summed E-state index contributed by atoms with van der Waals surface area (Å²) in [5.74, 6) is -1.21. The molecule has 0 bridgehead atoms. The summed E-state index contributed by atoms with van der Waals surface area (Å²) in [6.45, 7) is 3.63. The van der Waals surface area contributed by atoms with E-state index in [0.29, 0.717) is 12.1 Å². The van der Waals surface area contributed by atoms with Gasteiger partial charge in [0, 0.05) is 14.1 Å². The van der Waals surface area contributed by atoms with Crippen LogP contribution in [0.3, 0.4) is 0 Å². The number of aromatic hydroxyl groups is 1. The van der Waals surface area contributed by atoms with E-state index in [2.05, 4.69) is 21.0 Å². The summed E-state index contributed by atoms with van der Waals surface area (Å²) in [5.41, 5.74) is -0.384. The largest absolute Gasteiger partial charge is 0.505 e. The Hall–Kier alpha value is -5.32. The Kier molecular flexibility index (Phi) is 9.11. The van der Waals surface area contributed by atoms with Crippen LogP contribution in [-0.2, 0) is 4.79 Å². The first-order valence-electron chi connectivity index (χ1n) is 13.5. The van der Waals surface area contributed by atoms with Crippen molar-refractivity contribution < 1.29 is 14.7 Å². The Morgan fingerprint density at radius 2 is 1.57 bits per heavy atom. The smallest absolute Gasteiger partial charge is 0.295 e. The maximum Gasteiger partial charge on any atom is 0.295 e. The van der Waals surface area contributed by atoms with E-state index in [1.54, 1.807) is 57.4 Å². The Morgan fingerprint density at radius 1 is 0.929 bits per heavy atom. The van der Waals surface area contributed by atoms with Gasteiger partial charge in [-0.15, -0.1) is 0 Å². The van der Waals surface area contributed by atoms with Crippen LogP contribution in [0.2, 0.25) is 0 Å². The Balaban J connectivity index is 1.77. The number of carbonyl (C=O) groups excluding carboxylic acids is 2. The van der Waals surface area contributed by atoms with Gasteiger partial charge >= 0.3 is 0 Å². The highest BCUT2D eigenvalue weighted by Crippen LogP contribution is 2.31. The van der Waals surface area contributed by atoms with Gasteiger partial charge < -0.3 is 26.0 Å². The molecule has 11 heteroatoms. The van der Waals surface area contributed by atoms with Crippen molar-refractivity contribution in [2.75, 3.05) is 24.7 Å². The van der Waals surface area contributed by atoms with Crippen molar-refractivity contribution in [3.8, 4) is 11.4 Å². The van der Waals surface area contributed by atoms with Crippen molar-refractivity contribution in [1.29, 1.82) is 0 Å². The zero-order valence-corrected chi connectivity index (χ0v) is 23.8. The number of anilines is 3. The summed E-state index contributed by atoms with van der Waals surface area (Å²) in [5, 5.41) is 22.3. The van der Waals surface area contributed by atoms with Gasteiger partial charge in [0.25, 0.3) is 17.0 Å². The average Bonchev–Trinajstić information content (AvgIpc) is 2.99.